The largest absolute Gasteiger partial charge is 0.416 e. The van der Waals surface area contributed by atoms with Crippen molar-refractivity contribution in [2.24, 2.45) is 10.9 Å². The lowest BCUT2D eigenvalue weighted by atomic mass is 9.96. The van der Waals surface area contributed by atoms with Crippen molar-refractivity contribution >= 4 is 11.9 Å². The molecule has 8 heteroatoms. The molecule has 1 aliphatic heterocycles. The number of guanidine groups is 1. The van der Waals surface area contributed by atoms with E-state index in [9.17, 15) is 18.0 Å². The number of amides is 1. The Morgan fingerprint density at radius 2 is 1.90 bits per heavy atom. The Morgan fingerprint density at radius 1 is 1.23 bits per heavy atom. The molecule has 1 atom stereocenters. The number of nitrogens with one attached hydrogen (secondary N) is 2. The van der Waals surface area contributed by atoms with Gasteiger partial charge in [0, 0.05) is 38.6 Å². The molecule has 0 spiro atoms. The Balaban J connectivity index is 1.78. The summed E-state index contributed by atoms with van der Waals surface area (Å²) in [4.78, 5) is 18.2. The summed E-state index contributed by atoms with van der Waals surface area (Å²) in [6, 6.07) is 5.76. The highest BCUT2D eigenvalue weighted by molar-refractivity contribution is 5.80. The molecule has 168 valence electrons. The van der Waals surface area contributed by atoms with Crippen LogP contribution in [0.4, 0.5) is 13.2 Å². The van der Waals surface area contributed by atoms with Crippen molar-refractivity contribution in [2.45, 2.75) is 58.2 Å². The van der Waals surface area contributed by atoms with Crippen molar-refractivity contribution in [3.05, 3.63) is 35.4 Å². The monoisotopic (exact) mass is 426 g/mol. The van der Waals surface area contributed by atoms with Crippen molar-refractivity contribution in [1.82, 2.24) is 15.5 Å². The number of aliphatic imine (C=N–C) groups is 1. The standard InChI is InChI=1S/C22H33F3N4O/c1-15(2)20(30)29-12-9-19(10-13-29)28-21(26-4)27-11-8-16(3)17-6-5-7-18(14-17)22(23,24)25/h5-7,14-16,19H,8-13H2,1-4H3,(H2,26,27,28). The van der Waals surface area contributed by atoms with Crippen LogP contribution >= 0.6 is 0 Å². The molecule has 1 saturated heterocycles. The number of nitrogens with zero attached hydrogens (tertiary/aromatic N) is 2. The minimum absolute atomic E-state index is 0.0109. The predicted molar refractivity (Wildman–Crippen MR) is 113 cm³/mol. The lowest BCUT2D eigenvalue weighted by molar-refractivity contribution is -0.137. The van der Waals surface area contributed by atoms with Gasteiger partial charge in [-0.25, -0.2) is 0 Å². The summed E-state index contributed by atoms with van der Waals surface area (Å²) in [5.41, 5.74) is 0.0661. The number of carbonyl (C=O) groups is 1. The van der Waals surface area contributed by atoms with E-state index in [2.05, 4.69) is 15.6 Å². The van der Waals surface area contributed by atoms with E-state index in [1.807, 2.05) is 25.7 Å². The van der Waals surface area contributed by atoms with Gasteiger partial charge < -0.3 is 15.5 Å². The first-order chi connectivity index (χ1) is 14.1. The summed E-state index contributed by atoms with van der Waals surface area (Å²) >= 11 is 0. The Hall–Kier alpha value is -2.25. The minimum Gasteiger partial charge on any atom is -0.356 e. The van der Waals surface area contributed by atoms with Gasteiger partial charge in [-0.3, -0.25) is 9.79 Å². The summed E-state index contributed by atoms with van der Waals surface area (Å²) in [6.07, 6.45) is -1.92. The van der Waals surface area contributed by atoms with Crippen LogP contribution in [0.5, 0.6) is 0 Å². The minimum atomic E-state index is -4.32. The molecule has 0 bridgehead atoms. The van der Waals surface area contributed by atoms with Gasteiger partial charge >= 0.3 is 6.18 Å². The fourth-order valence-corrected chi connectivity index (χ4v) is 3.59. The second-order valence-electron chi connectivity index (χ2n) is 8.21. The van der Waals surface area contributed by atoms with Crippen molar-refractivity contribution < 1.29 is 18.0 Å². The summed E-state index contributed by atoms with van der Waals surface area (Å²) in [5.74, 6) is 0.880. The second kappa shape index (κ2) is 10.7. The number of rotatable bonds is 6. The molecule has 30 heavy (non-hydrogen) atoms. The first-order valence-electron chi connectivity index (χ1n) is 10.5. The zero-order chi connectivity index (χ0) is 22.3. The quantitative estimate of drug-likeness (QED) is 0.534. The highest BCUT2D eigenvalue weighted by Crippen LogP contribution is 2.31. The third kappa shape index (κ3) is 6.92. The fraction of sp³-hybridized carbons (Fsp3) is 0.636. The van der Waals surface area contributed by atoms with Crippen LogP contribution in [0.25, 0.3) is 0 Å². The zero-order valence-corrected chi connectivity index (χ0v) is 18.2. The number of benzene rings is 1. The molecule has 1 aromatic carbocycles. The predicted octanol–water partition coefficient (Wildman–Crippen LogP) is 4.01. The lowest BCUT2D eigenvalue weighted by Gasteiger charge is -2.34. The van der Waals surface area contributed by atoms with Crippen LogP contribution in [0.1, 0.15) is 57.1 Å². The van der Waals surface area contributed by atoms with Crippen LogP contribution in [-0.2, 0) is 11.0 Å². The molecule has 0 aliphatic carbocycles. The molecule has 1 amide bonds. The first kappa shape index (κ1) is 24.0. The van der Waals surface area contributed by atoms with Crippen molar-refractivity contribution in [3.63, 3.8) is 0 Å². The van der Waals surface area contributed by atoms with E-state index in [1.165, 1.54) is 12.1 Å². The molecule has 1 fully saturated rings. The zero-order valence-electron chi connectivity index (χ0n) is 18.2. The summed E-state index contributed by atoms with van der Waals surface area (Å²) in [6.45, 7) is 7.82. The summed E-state index contributed by atoms with van der Waals surface area (Å²) in [7, 11) is 1.70. The van der Waals surface area contributed by atoms with Crippen molar-refractivity contribution in [3.8, 4) is 0 Å². The SMILES string of the molecule is CN=C(NCCC(C)c1cccc(C(F)(F)F)c1)NC1CCN(C(=O)C(C)C)CC1. The Kier molecular flexibility index (Phi) is 8.55. The van der Waals surface area contributed by atoms with Gasteiger partial charge in [-0.2, -0.15) is 13.2 Å². The van der Waals surface area contributed by atoms with Gasteiger partial charge in [-0.05, 0) is 36.8 Å². The van der Waals surface area contributed by atoms with Crippen molar-refractivity contribution in [1.29, 1.82) is 0 Å². The molecule has 2 N–H and O–H groups in total. The number of hydrogen-bond donors (Lipinski definition) is 2. The Bertz CT molecular complexity index is 725. The van der Waals surface area contributed by atoms with Crippen LogP contribution in [0.2, 0.25) is 0 Å². The molecular weight excluding hydrogens is 393 g/mol. The molecule has 1 heterocycles. The van der Waals surface area contributed by atoms with E-state index in [1.54, 1.807) is 13.1 Å². The molecule has 1 unspecified atom stereocenters. The summed E-state index contributed by atoms with van der Waals surface area (Å²) < 4.78 is 38.7. The molecule has 0 radical (unpaired) electrons. The van der Waals surface area contributed by atoms with E-state index >= 15 is 0 Å². The lowest BCUT2D eigenvalue weighted by Crippen LogP contribution is -2.50. The van der Waals surface area contributed by atoms with Gasteiger partial charge in [-0.1, -0.05) is 39.0 Å². The van der Waals surface area contributed by atoms with Crippen LogP contribution in [-0.4, -0.2) is 49.5 Å². The van der Waals surface area contributed by atoms with E-state index in [0.717, 1.165) is 32.0 Å². The van der Waals surface area contributed by atoms with E-state index in [0.29, 0.717) is 24.5 Å². The maximum atomic E-state index is 12.9. The van der Waals surface area contributed by atoms with Gasteiger partial charge in [0.2, 0.25) is 5.91 Å². The van der Waals surface area contributed by atoms with Gasteiger partial charge in [0.15, 0.2) is 5.96 Å². The molecule has 5 nitrogen and oxygen atoms in total. The molecule has 2 rings (SSSR count). The van der Waals surface area contributed by atoms with E-state index < -0.39 is 11.7 Å². The Morgan fingerprint density at radius 3 is 2.47 bits per heavy atom. The molecular formula is C22H33F3N4O. The normalized spacial score (nSPS) is 17.2. The topological polar surface area (TPSA) is 56.7 Å². The van der Waals surface area contributed by atoms with Crippen LogP contribution in [0, 0.1) is 5.92 Å². The number of hydrogen-bond acceptors (Lipinski definition) is 2. The number of piperidine rings is 1. The van der Waals surface area contributed by atoms with Crippen LogP contribution in [0.3, 0.4) is 0 Å². The Labute approximate surface area is 177 Å². The number of alkyl halides is 3. The van der Waals surface area contributed by atoms with Crippen molar-refractivity contribution in [2.75, 3.05) is 26.7 Å². The maximum absolute atomic E-state index is 12.9. The third-order valence-electron chi connectivity index (χ3n) is 5.52. The number of halogens is 3. The maximum Gasteiger partial charge on any atom is 0.416 e. The third-order valence-corrected chi connectivity index (χ3v) is 5.52. The fourth-order valence-electron chi connectivity index (χ4n) is 3.59. The van der Waals surface area contributed by atoms with Gasteiger partial charge in [0.05, 0.1) is 5.56 Å². The number of carbonyl (C=O) groups excluding carboxylic acids is 1. The van der Waals surface area contributed by atoms with Gasteiger partial charge in [0.1, 0.15) is 0 Å². The highest BCUT2D eigenvalue weighted by Gasteiger charge is 2.30. The first-order valence-corrected chi connectivity index (χ1v) is 10.5. The number of likely N-dealkylation sites (tertiary alicyclic amines) is 1. The smallest absolute Gasteiger partial charge is 0.356 e. The van der Waals surface area contributed by atoms with E-state index in [4.69, 9.17) is 0 Å². The van der Waals surface area contributed by atoms with Gasteiger partial charge in [-0.15, -0.1) is 0 Å². The summed E-state index contributed by atoms with van der Waals surface area (Å²) in [5, 5.41) is 6.64. The molecule has 0 saturated carbocycles. The molecule has 1 aliphatic rings. The average Bonchev–Trinajstić information content (AvgIpc) is 2.72. The average molecular weight is 427 g/mol. The molecule has 1 aromatic rings. The van der Waals surface area contributed by atoms with E-state index in [-0.39, 0.29) is 23.8 Å². The second-order valence-corrected chi connectivity index (χ2v) is 8.21. The van der Waals surface area contributed by atoms with Crippen LogP contribution < -0.4 is 10.6 Å². The van der Waals surface area contributed by atoms with Gasteiger partial charge in [0.25, 0.3) is 0 Å². The highest BCUT2D eigenvalue weighted by atomic mass is 19.4. The molecule has 0 aromatic heterocycles. The van der Waals surface area contributed by atoms with Crippen LogP contribution in [0.15, 0.2) is 29.3 Å².